The molecule has 0 radical (unpaired) electrons. The van der Waals surface area contributed by atoms with Crippen molar-refractivity contribution in [2.45, 2.75) is 13.5 Å². The highest BCUT2D eigenvalue weighted by molar-refractivity contribution is 5.94. The molecule has 10 nitrogen and oxygen atoms in total. The number of rotatable bonds is 9. The Bertz CT molecular complexity index is 1200. The van der Waals surface area contributed by atoms with Crippen LogP contribution in [0, 0.1) is 0 Å². The van der Waals surface area contributed by atoms with Crippen molar-refractivity contribution in [1.82, 2.24) is 15.6 Å². The Hall–Kier alpha value is -4.60. The summed E-state index contributed by atoms with van der Waals surface area (Å²) in [6.07, 6.45) is 1.50. The highest BCUT2D eigenvalue weighted by Crippen LogP contribution is 2.26. The van der Waals surface area contributed by atoms with E-state index < -0.39 is 12.0 Å². The Balaban J connectivity index is 1.57. The molecule has 10 heteroatoms. The van der Waals surface area contributed by atoms with Crippen LogP contribution in [-0.4, -0.2) is 43.7 Å². The van der Waals surface area contributed by atoms with E-state index in [9.17, 15) is 14.4 Å². The first kappa shape index (κ1) is 25.0. The highest BCUT2D eigenvalue weighted by Gasteiger charge is 2.13. The van der Waals surface area contributed by atoms with Crippen LogP contribution in [0.2, 0.25) is 0 Å². The molecule has 3 rings (SSSR count). The minimum Gasteiger partial charge on any atom is -0.492 e. The van der Waals surface area contributed by atoms with Crippen LogP contribution >= 0.6 is 0 Å². The van der Waals surface area contributed by atoms with Gasteiger partial charge < -0.3 is 30.2 Å². The first-order chi connectivity index (χ1) is 16.9. The minimum absolute atomic E-state index is 0.254. The van der Waals surface area contributed by atoms with Crippen LogP contribution in [0.1, 0.15) is 33.3 Å². The van der Waals surface area contributed by atoms with Gasteiger partial charge in [0.05, 0.1) is 25.0 Å². The van der Waals surface area contributed by atoms with Crippen molar-refractivity contribution in [1.29, 1.82) is 0 Å². The molecular weight excluding hydrogens is 452 g/mol. The standard InChI is InChI=1S/C25H26N4O6/c1-4-34-22-13-17(24(31)33-3)7-10-20(22)29-25(32)28-15-16-5-8-18(9-6-16)35-19-11-12-27-21(14-19)23(30)26-2/h5-14H,4,15H2,1-3H3,(H,26,30)(H2,28,29,32). The average molecular weight is 479 g/mol. The number of carbonyl (C=O) groups is 3. The minimum atomic E-state index is -0.495. The number of pyridine rings is 1. The van der Waals surface area contributed by atoms with Crippen molar-refractivity contribution < 1.29 is 28.6 Å². The maximum Gasteiger partial charge on any atom is 0.337 e. The van der Waals surface area contributed by atoms with E-state index in [-0.39, 0.29) is 18.1 Å². The number of nitrogens with zero attached hydrogens (tertiary/aromatic N) is 1. The SMILES string of the molecule is CCOc1cc(C(=O)OC)ccc1NC(=O)NCc1ccc(Oc2ccnc(C(=O)NC)c2)cc1. The Kier molecular flexibility index (Phi) is 8.60. The lowest BCUT2D eigenvalue weighted by Crippen LogP contribution is -2.28. The van der Waals surface area contributed by atoms with Gasteiger partial charge in [0.2, 0.25) is 0 Å². The number of urea groups is 1. The van der Waals surface area contributed by atoms with Crippen LogP contribution in [0.25, 0.3) is 0 Å². The number of esters is 1. The van der Waals surface area contributed by atoms with Gasteiger partial charge in [0.15, 0.2) is 0 Å². The molecule has 0 fully saturated rings. The molecule has 0 aliphatic carbocycles. The van der Waals surface area contributed by atoms with E-state index in [0.29, 0.717) is 35.1 Å². The Morgan fingerprint density at radius 2 is 1.74 bits per heavy atom. The summed E-state index contributed by atoms with van der Waals surface area (Å²) in [5.74, 6) is 0.613. The number of benzene rings is 2. The molecule has 1 aromatic heterocycles. The second-order valence-electron chi connectivity index (χ2n) is 7.15. The summed E-state index contributed by atoms with van der Waals surface area (Å²) in [6.45, 7) is 2.44. The molecule has 182 valence electrons. The van der Waals surface area contributed by atoms with Crippen molar-refractivity contribution in [2.24, 2.45) is 0 Å². The van der Waals surface area contributed by atoms with Gasteiger partial charge in [-0.15, -0.1) is 0 Å². The number of hydrogen-bond donors (Lipinski definition) is 3. The summed E-state index contributed by atoms with van der Waals surface area (Å²) in [4.78, 5) is 39.9. The molecule has 3 N–H and O–H groups in total. The zero-order chi connectivity index (χ0) is 25.2. The lowest BCUT2D eigenvalue weighted by molar-refractivity contribution is 0.0600. The van der Waals surface area contributed by atoms with E-state index in [0.717, 1.165) is 5.56 Å². The quantitative estimate of drug-likeness (QED) is 0.400. The number of ether oxygens (including phenoxy) is 3. The fourth-order valence-electron chi connectivity index (χ4n) is 3.03. The number of nitrogens with one attached hydrogen (secondary N) is 3. The first-order valence-corrected chi connectivity index (χ1v) is 10.8. The summed E-state index contributed by atoms with van der Waals surface area (Å²) in [7, 11) is 2.83. The normalized spacial score (nSPS) is 10.1. The van der Waals surface area contributed by atoms with Gasteiger partial charge in [0.25, 0.3) is 5.91 Å². The Morgan fingerprint density at radius 3 is 2.43 bits per heavy atom. The maximum atomic E-state index is 12.4. The zero-order valence-electron chi connectivity index (χ0n) is 19.6. The predicted octanol–water partition coefficient (Wildman–Crippen LogP) is 3.74. The van der Waals surface area contributed by atoms with E-state index in [1.54, 1.807) is 43.3 Å². The first-order valence-electron chi connectivity index (χ1n) is 10.8. The zero-order valence-corrected chi connectivity index (χ0v) is 19.6. The summed E-state index contributed by atoms with van der Waals surface area (Å²) in [6, 6.07) is 14.6. The van der Waals surface area contributed by atoms with Crippen molar-refractivity contribution in [3.05, 3.63) is 77.6 Å². The fraction of sp³-hybridized carbons (Fsp3) is 0.200. The van der Waals surface area contributed by atoms with Crippen molar-refractivity contribution in [3.63, 3.8) is 0 Å². The second kappa shape index (κ2) is 12.0. The van der Waals surface area contributed by atoms with E-state index in [1.165, 1.54) is 26.4 Å². The van der Waals surface area contributed by atoms with Gasteiger partial charge in [-0.05, 0) is 48.9 Å². The van der Waals surface area contributed by atoms with Crippen molar-refractivity contribution >= 4 is 23.6 Å². The third-order valence-corrected chi connectivity index (χ3v) is 4.75. The van der Waals surface area contributed by atoms with E-state index in [2.05, 4.69) is 20.9 Å². The highest BCUT2D eigenvalue weighted by atomic mass is 16.5. The smallest absolute Gasteiger partial charge is 0.337 e. The van der Waals surface area contributed by atoms with Crippen molar-refractivity contribution in [3.8, 4) is 17.2 Å². The lowest BCUT2D eigenvalue weighted by Gasteiger charge is -2.13. The van der Waals surface area contributed by atoms with Crippen LogP contribution in [0.15, 0.2) is 60.8 Å². The van der Waals surface area contributed by atoms with Crippen LogP contribution in [-0.2, 0) is 11.3 Å². The summed E-state index contributed by atoms with van der Waals surface area (Å²) >= 11 is 0. The third kappa shape index (κ3) is 6.94. The van der Waals surface area contributed by atoms with Gasteiger partial charge in [0.1, 0.15) is 22.9 Å². The Morgan fingerprint density at radius 1 is 0.971 bits per heavy atom. The van der Waals surface area contributed by atoms with Gasteiger partial charge in [-0.3, -0.25) is 9.78 Å². The van der Waals surface area contributed by atoms with Gasteiger partial charge in [-0.25, -0.2) is 9.59 Å². The van der Waals surface area contributed by atoms with Crippen LogP contribution in [0.5, 0.6) is 17.2 Å². The van der Waals surface area contributed by atoms with Crippen LogP contribution in [0.3, 0.4) is 0 Å². The average Bonchev–Trinajstić information content (AvgIpc) is 2.88. The number of hydrogen-bond acceptors (Lipinski definition) is 7. The van der Waals surface area contributed by atoms with Gasteiger partial charge in [-0.2, -0.15) is 0 Å². The molecule has 0 aliphatic heterocycles. The Labute approximate surface area is 202 Å². The summed E-state index contributed by atoms with van der Waals surface area (Å²) in [5, 5.41) is 8.01. The molecule has 3 amide bonds. The number of anilines is 1. The molecule has 0 saturated heterocycles. The molecule has 0 unspecified atom stereocenters. The molecule has 0 atom stereocenters. The van der Waals surface area contributed by atoms with Crippen LogP contribution < -0.4 is 25.4 Å². The van der Waals surface area contributed by atoms with Gasteiger partial charge >= 0.3 is 12.0 Å². The molecular formula is C25H26N4O6. The summed E-state index contributed by atoms with van der Waals surface area (Å²) < 4.78 is 16.0. The molecule has 2 aromatic carbocycles. The fourth-order valence-corrected chi connectivity index (χ4v) is 3.03. The number of amides is 3. The number of carbonyl (C=O) groups excluding carboxylic acids is 3. The van der Waals surface area contributed by atoms with Gasteiger partial charge in [-0.1, -0.05) is 12.1 Å². The molecule has 1 heterocycles. The second-order valence-corrected chi connectivity index (χ2v) is 7.15. The number of methoxy groups -OCH3 is 1. The van der Waals surface area contributed by atoms with E-state index in [4.69, 9.17) is 14.2 Å². The number of aromatic nitrogens is 1. The van der Waals surface area contributed by atoms with Crippen molar-refractivity contribution in [2.75, 3.05) is 26.1 Å². The third-order valence-electron chi connectivity index (χ3n) is 4.75. The summed E-state index contributed by atoms with van der Waals surface area (Å²) in [5.41, 5.74) is 1.85. The van der Waals surface area contributed by atoms with E-state index >= 15 is 0 Å². The van der Waals surface area contributed by atoms with E-state index in [1.807, 2.05) is 12.1 Å². The largest absolute Gasteiger partial charge is 0.492 e. The molecule has 0 saturated carbocycles. The van der Waals surface area contributed by atoms with Gasteiger partial charge in [0, 0.05) is 25.9 Å². The molecule has 3 aromatic rings. The van der Waals surface area contributed by atoms with Crippen LogP contribution in [0.4, 0.5) is 10.5 Å². The molecule has 0 aliphatic rings. The monoisotopic (exact) mass is 478 g/mol. The predicted molar refractivity (Wildman–Crippen MR) is 129 cm³/mol. The lowest BCUT2D eigenvalue weighted by atomic mass is 10.2. The molecule has 0 spiro atoms. The molecule has 35 heavy (non-hydrogen) atoms. The topological polar surface area (TPSA) is 128 Å². The molecule has 0 bridgehead atoms. The maximum absolute atomic E-state index is 12.4.